The predicted molar refractivity (Wildman–Crippen MR) is 105 cm³/mol. The van der Waals surface area contributed by atoms with Crippen LogP contribution in [0.1, 0.15) is 52.4 Å². The van der Waals surface area contributed by atoms with Gasteiger partial charge in [0.15, 0.2) is 0 Å². The lowest BCUT2D eigenvalue weighted by Gasteiger charge is -2.33. The number of anilines is 2. The fraction of sp³-hybridized carbons (Fsp3) is 0.750. The topological polar surface area (TPSA) is 61.4 Å². The third-order valence-electron chi connectivity index (χ3n) is 5.53. The van der Waals surface area contributed by atoms with Crippen LogP contribution in [0.3, 0.4) is 0 Å². The van der Waals surface area contributed by atoms with E-state index in [-0.39, 0.29) is 11.8 Å². The van der Waals surface area contributed by atoms with Crippen molar-refractivity contribution in [2.45, 2.75) is 52.4 Å². The van der Waals surface area contributed by atoms with Gasteiger partial charge in [0.05, 0.1) is 0 Å². The molecule has 6 heteroatoms. The molecule has 0 atom stereocenters. The fourth-order valence-electron chi connectivity index (χ4n) is 3.81. The monoisotopic (exact) mass is 359 g/mol. The number of rotatable bonds is 6. The van der Waals surface area contributed by atoms with Gasteiger partial charge in [-0.05, 0) is 44.4 Å². The molecule has 2 fully saturated rings. The predicted octanol–water partition coefficient (Wildman–Crippen LogP) is 2.85. The Balaban J connectivity index is 1.51. The van der Waals surface area contributed by atoms with Crippen molar-refractivity contribution in [1.29, 1.82) is 0 Å². The number of nitrogens with one attached hydrogen (secondary N) is 1. The first-order valence-electron chi connectivity index (χ1n) is 10.2. The standard InChI is InChI=1S/C20H33N5O/c1-16(2)6-9-21-20(26)17-7-12-25(13-8-17)19-14-18(22-15-23-19)24-10-4-3-5-11-24/h14-17H,3-13H2,1-2H3,(H,21,26). The highest BCUT2D eigenvalue weighted by molar-refractivity contribution is 5.78. The summed E-state index contributed by atoms with van der Waals surface area (Å²) >= 11 is 0. The molecule has 1 N–H and O–H groups in total. The number of carbonyl (C=O) groups excluding carboxylic acids is 1. The second-order valence-corrected chi connectivity index (χ2v) is 8.02. The minimum atomic E-state index is 0.141. The van der Waals surface area contributed by atoms with E-state index in [0.717, 1.165) is 63.6 Å². The van der Waals surface area contributed by atoms with Crippen molar-refractivity contribution in [3.05, 3.63) is 12.4 Å². The van der Waals surface area contributed by atoms with Crippen molar-refractivity contribution >= 4 is 17.5 Å². The maximum Gasteiger partial charge on any atom is 0.223 e. The van der Waals surface area contributed by atoms with E-state index in [4.69, 9.17) is 0 Å². The molecule has 1 aromatic heterocycles. The molecule has 0 aromatic carbocycles. The number of piperidine rings is 2. The normalized spacial score (nSPS) is 19.0. The molecule has 0 unspecified atom stereocenters. The molecule has 0 aliphatic carbocycles. The number of hydrogen-bond donors (Lipinski definition) is 1. The van der Waals surface area contributed by atoms with Crippen LogP contribution in [-0.4, -0.2) is 48.6 Å². The molecule has 0 spiro atoms. The number of nitrogens with zero attached hydrogens (tertiary/aromatic N) is 4. The van der Waals surface area contributed by atoms with E-state index in [1.807, 2.05) is 0 Å². The Morgan fingerprint density at radius 3 is 2.31 bits per heavy atom. The molecule has 144 valence electrons. The summed E-state index contributed by atoms with van der Waals surface area (Å²) in [5, 5.41) is 3.10. The Morgan fingerprint density at radius 1 is 1.08 bits per heavy atom. The van der Waals surface area contributed by atoms with Crippen LogP contribution in [0.5, 0.6) is 0 Å². The first-order valence-corrected chi connectivity index (χ1v) is 10.2. The van der Waals surface area contributed by atoms with Crippen molar-refractivity contribution < 1.29 is 4.79 Å². The Bertz CT molecular complexity index is 577. The van der Waals surface area contributed by atoms with E-state index < -0.39 is 0 Å². The molecule has 26 heavy (non-hydrogen) atoms. The van der Waals surface area contributed by atoms with Gasteiger partial charge in [-0.1, -0.05) is 13.8 Å². The number of amides is 1. The molecular weight excluding hydrogens is 326 g/mol. The lowest BCUT2D eigenvalue weighted by Crippen LogP contribution is -2.41. The second-order valence-electron chi connectivity index (χ2n) is 8.02. The summed E-state index contributed by atoms with van der Waals surface area (Å²) in [7, 11) is 0. The molecule has 6 nitrogen and oxygen atoms in total. The van der Waals surface area contributed by atoms with Crippen LogP contribution in [-0.2, 0) is 4.79 Å². The minimum absolute atomic E-state index is 0.141. The summed E-state index contributed by atoms with van der Waals surface area (Å²) in [5.41, 5.74) is 0. The van der Waals surface area contributed by atoms with E-state index >= 15 is 0 Å². The summed E-state index contributed by atoms with van der Waals surface area (Å²) in [6.07, 6.45) is 8.34. The van der Waals surface area contributed by atoms with Gasteiger partial charge < -0.3 is 15.1 Å². The van der Waals surface area contributed by atoms with Crippen LogP contribution in [0.4, 0.5) is 11.6 Å². The molecule has 0 radical (unpaired) electrons. The smallest absolute Gasteiger partial charge is 0.223 e. The first-order chi connectivity index (χ1) is 12.6. The van der Waals surface area contributed by atoms with E-state index in [1.54, 1.807) is 6.33 Å². The zero-order valence-corrected chi connectivity index (χ0v) is 16.3. The fourth-order valence-corrected chi connectivity index (χ4v) is 3.81. The van der Waals surface area contributed by atoms with Gasteiger partial charge >= 0.3 is 0 Å². The van der Waals surface area contributed by atoms with E-state index in [2.05, 4.69) is 45.0 Å². The van der Waals surface area contributed by atoms with Gasteiger partial charge in [0.25, 0.3) is 0 Å². The number of hydrogen-bond acceptors (Lipinski definition) is 5. The van der Waals surface area contributed by atoms with Gasteiger partial charge in [-0.15, -0.1) is 0 Å². The van der Waals surface area contributed by atoms with E-state index in [0.29, 0.717) is 5.92 Å². The van der Waals surface area contributed by atoms with Crippen LogP contribution in [0.25, 0.3) is 0 Å². The van der Waals surface area contributed by atoms with Gasteiger partial charge in [0.2, 0.25) is 5.91 Å². The van der Waals surface area contributed by atoms with Crippen LogP contribution in [0.15, 0.2) is 12.4 Å². The average Bonchev–Trinajstić information content (AvgIpc) is 2.68. The zero-order chi connectivity index (χ0) is 18.4. The lowest BCUT2D eigenvalue weighted by molar-refractivity contribution is -0.125. The summed E-state index contributed by atoms with van der Waals surface area (Å²) < 4.78 is 0. The summed E-state index contributed by atoms with van der Waals surface area (Å²) in [4.78, 5) is 25.9. The van der Waals surface area contributed by atoms with Crippen LogP contribution in [0.2, 0.25) is 0 Å². The SMILES string of the molecule is CC(C)CCNC(=O)C1CCN(c2cc(N3CCCCC3)ncn2)CC1. The lowest BCUT2D eigenvalue weighted by atomic mass is 9.95. The highest BCUT2D eigenvalue weighted by Crippen LogP contribution is 2.25. The van der Waals surface area contributed by atoms with Crippen LogP contribution in [0, 0.1) is 11.8 Å². The maximum atomic E-state index is 12.3. The highest BCUT2D eigenvalue weighted by Gasteiger charge is 2.26. The van der Waals surface area contributed by atoms with E-state index in [1.165, 1.54) is 19.3 Å². The molecule has 0 saturated carbocycles. The van der Waals surface area contributed by atoms with Crippen LogP contribution < -0.4 is 15.1 Å². The van der Waals surface area contributed by atoms with Gasteiger partial charge in [0.1, 0.15) is 18.0 Å². The Morgan fingerprint density at radius 2 is 1.69 bits per heavy atom. The number of carbonyl (C=O) groups is 1. The highest BCUT2D eigenvalue weighted by atomic mass is 16.1. The zero-order valence-electron chi connectivity index (χ0n) is 16.3. The third kappa shape index (κ3) is 5.08. The quantitative estimate of drug-likeness (QED) is 0.846. The molecule has 1 amide bonds. The van der Waals surface area contributed by atoms with Crippen LogP contribution >= 0.6 is 0 Å². The molecule has 1 aromatic rings. The number of aromatic nitrogens is 2. The second kappa shape index (κ2) is 9.19. The van der Waals surface area contributed by atoms with Crippen molar-refractivity contribution in [3.63, 3.8) is 0 Å². The minimum Gasteiger partial charge on any atom is -0.356 e. The molecular formula is C20H33N5O. The average molecular weight is 360 g/mol. The Hall–Kier alpha value is -1.85. The van der Waals surface area contributed by atoms with Crippen molar-refractivity contribution in [1.82, 2.24) is 15.3 Å². The molecule has 2 aliphatic heterocycles. The largest absolute Gasteiger partial charge is 0.356 e. The van der Waals surface area contributed by atoms with E-state index in [9.17, 15) is 4.79 Å². The van der Waals surface area contributed by atoms with Gasteiger partial charge in [0, 0.05) is 44.7 Å². The summed E-state index contributed by atoms with van der Waals surface area (Å²) in [5.74, 6) is 3.04. The van der Waals surface area contributed by atoms with Crippen molar-refractivity contribution in [2.75, 3.05) is 42.5 Å². The Kier molecular flexibility index (Phi) is 6.69. The van der Waals surface area contributed by atoms with Crippen molar-refractivity contribution in [2.24, 2.45) is 11.8 Å². The molecule has 2 saturated heterocycles. The van der Waals surface area contributed by atoms with Gasteiger partial charge in [-0.25, -0.2) is 9.97 Å². The first kappa shape index (κ1) is 18.9. The third-order valence-corrected chi connectivity index (χ3v) is 5.53. The summed E-state index contributed by atoms with van der Waals surface area (Å²) in [6.45, 7) is 9.12. The summed E-state index contributed by atoms with van der Waals surface area (Å²) in [6, 6.07) is 2.12. The van der Waals surface area contributed by atoms with Gasteiger partial charge in [-0.3, -0.25) is 4.79 Å². The Labute approximate surface area is 157 Å². The molecule has 3 heterocycles. The maximum absolute atomic E-state index is 12.3. The molecule has 0 bridgehead atoms. The molecule has 3 rings (SSSR count). The molecule has 2 aliphatic rings. The van der Waals surface area contributed by atoms with Gasteiger partial charge in [-0.2, -0.15) is 0 Å². The van der Waals surface area contributed by atoms with Crippen molar-refractivity contribution in [3.8, 4) is 0 Å².